The van der Waals surface area contributed by atoms with E-state index in [1.807, 2.05) is 30.3 Å². The number of halogens is 1. The molecule has 0 bridgehead atoms. The van der Waals surface area contributed by atoms with Crippen LogP contribution in [0.15, 0.2) is 50.5 Å². The second-order valence-electron chi connectivity index (χ2n) is 4.63. The minimum Gasteiger partial charge on any atom is -0.468 e. The number of ether oxygens (including phenoxy) is 1. The van der Waals surface area contributed by atoms with Crippen molar-refractivity contribution in [1.82, 2.24) is 4.72 Å². The molecule has 2 aromatic rings. The molecule has 0 spiro atoms. The van der Waals surface area contributed by atoms with E-state index < -0.39 is 22.0 Å². The van der Waals surface area contributed by atoms with E-state index in [1.165, 1.54) is 13.2 Å². The van der Waals surface area contributed by atoms with Gasteiger partial charge in [-0.25, -0.2) is 8.42 Å². The van der Waals surface area contributed by atoms with Gasteiger partial charge >= 0.3 is 5.97 Å². The number of carbonyl (C=O) groups excluding carboxylic acids is 1. The molecule has 126 valence electrons. The van der Waals surface area contributed by atoms with Crippen LogP contribution in [0.5, 0.6) is 0 Å². The average Bonchev–Trinajstić information content (AvgIpc) is 3.01. The van der Waals surface area contributed by atoms with Gasteiger partial charge in [-0.2, -0.15) is 4.72 Å². The maximum absolute atomic E-state index is 12.3. The maximum Gasteiger partial charge on any atom is 0.324 e. The Morgan fingerprint density at radius 3 is 2.58 bits per heavy atom. The third kappa shape index (κ3) is 5.18. The molecule has 1 heterocycles. The number of thiophene rings is 1. The number of esters is 1. The average molecular weight is 428 g/mol. The van der Waals surface area contributed by atoms with Crippen molar-refractivity contribution in [2.75, 3.05) is 7.11 Å². The van der Waals surface area contributed by atoms with E-state index in [4.69, 9.17) is 0 Å². The Balaban J connectivity index is 2.14. The maximum atomic E-state index is 12.3. The van der Waals surface area contributed by atoms with E-state index in [2.05, 4.69) is 37.2 Å². The molecule has 24 heavy (non-hydrogen) atoms. The Labute approximate surface area is 153 Å². The fourth-order valence-corrected chi connectivity index (χ4v) is 4.99. The molecule has 0 radical (unpaired) electrons. The molecule has 0 aliphatic rings. The van der Waals surface area contributed by atoms with Crippen molar-refractivity contribution in [3.63, 3.8) is 0 Å². The van der Waals surface area contributed by atoms with Gasteiger partial charge < -0.3 is 4.74 Å². The fraction of sp³-hybridized carbons (Fsp3) is 0.188. The van der Waals surface area contributed by atoms with Crippen molar-refractivity contribution in [1.29, 1.82) is 0 Å². The standard InChI is InChI=1S/C16H14BrNO4S2/c1-22-16(19)13(9-5-8-12-6-3-2-4-7-12)18-24(20,21)15-11-10-14(17)23-15/h2-4,6-7,10-11,13,18H,9H2,1H3. The Bertz CT molecular complexity index is 866. The van der Waals surface area contributed by atoms with Gasteiger partial charge in [-0.05, 0) is 40.2 Å². The summed E-state index contributed by atoms with van der Waals surface area (Å²) in [6.07, 6.45) is 0.00728. The summed E-state index contributed by atoms with van der Waals surface area (Å²) in [5.41, 5.74) is 0.783. The van der Waals surface area contributed by atoms with Gasteiger partial charge in [-0.15, -0.1) is 11.3 Å². The summed E-state index contributed by atoms with van der Waals surface area (Å²) in [6.45, 7) is 0. The first-order valence-corrected chi connectivity index (χ1v) is 9.91. The van der Waals surface area contributed by atoms with Crippen molar-refractivity contribution in [3.8, 4) is 11.8 Å². The molecular weight excluding hydrogens is 414 g/mol. The second kappa shape index (κ2) is 8.44. The third-order valence-corrected chi connectivity index (χ3v) is 6.50. The van der Waals surface area contributed by atoms with Gasteiger partial charge in [0.1, 0.15) is 10.3 Å². The topological polar surface area (TPSA) is 72.5 Å². The highest BCUT2D eigenvalue weighted by Gasteiger charge is 2.26. The number of hydrogen-bond acceptors (Lipinski definition) is 5. The molecule has 1 unspecified atom stereocenters. The molecule has 0 saturated heterocycles. The van der Waals surface area contributed by atoms with E-state index in [0.29, 0.717) is 3.79 Å². The molecule has 0 amide bonds. The van der Waals surface area contributed by atoms with Gasteiger partial charge in [0.15, 0.2) is 0 Å². The molecule has 2 rings (SSSR count). The Morgan fingerprint density at radius 1 is 1.29 bits per heavy atom. The molecule has 0 fully saturated rings. The van der Waals surface area contributed by atoms with Crippen LogP contribution in [0, 0.1) is 11.8 Å². The zero-order valence-corrected chi connectivity index (χ0v) is 15.9. The fourth-order valence-electron chi connectivity index (χ4n) is 1.78. The van der Waals surface area contributed by atoms with Crippen LogP contribution in [0.3, 0.4) is 0 Å². The highest BCUT2D eigenvalue weighted by Crippen LogP contribution is 2.26. The summed E-state index contributed by atoms with van der Waals surface area (Å²) in [7, 11) is -2.61. The minimum atomic E-state index is -3.82. The molecular formula is C16H14BrNO4S2. The molecule has 1 N–H and O–H groups in total. The van der Waals surface area contributed by atoms with Crippen LogP contribution >= 0.6 is 27.3 Å². The van der Waals surface area contributed by atoms with E-state index in [-0.39, 0.29) is 10.6 Å². The van der Waals surface area contributed by atoms with E-state index in [0.717, 1.165) is 16.9 Å². The van der Waals surface area contributed by atoms with Crippen LogP contribution in [0.2, 0.25) is 0 Å². The second-order valence-corrected chi connectivity index (χ2v) is 9.03. The molecule has 5 nitrogen and oxygen atoms in total. The number of rotatable bonds is 5. The summed E-state index contributed by atoms with van der Waals surface area (Å²) in [5, 5.41) is 0. The number of carbonyl (C=O) groups is 1. The monoisotopic (exact) mass is 427 g/mol. The predicted octanol–water partition coefficient (Wildman–Crippen LogP) is 2.77. The summed E-state index contributed by atoms with van der Waals surface area (Å²) < 4.78 is 32.5. The van der Waals surface area contributed by atoms with Gasteiger partial charge in [0.25, 0.3) is 10.0 Å². The summed E-state index contributed by atoms with van der Waals surface area (Å²) >= 11 is 4.27. The van der Waals surface area contributed by atoms with Crippen LogP contribution in [0.1, 0.15) is 12.0 Å². The molecule has 8 heteroatoms. The number of methoxy groups -OCH3 is 1. The Kier molecular flexibility index (Phi) is 6.57. The molecule has 0 aliphatic carbocycles. The number of hydrogen-bond donors (Lipinski definition) is 1. The Morgan fingerprint density at radius 2 is 2.00 bits per heavy atom. The van der Waals surface area contributed by atoms with Crippen molar-refractivity contribution < 1.29 is 17.9 Å². The first-order valence-electron chi connectivity index (χ1n) is 6.82. The zero-order chi connectivity index (χ0) is 17.6. The first kappa shape index (κ1) is 18.7. The van der Waals surface area contributed by atoms with Crippen LogP contribution in [0.25, 0.3) is 0 Å². The molecule has 1 atom stereocenters. The SMILES string of the molecule is COC(=O)C(CC#Cc1ccccc1)NS(=O)(=O)c1ccc(Br)s1. The highest BCUT2D eigenvalue weighted by molar-refractivity contribution is 9.11. The lowest BCUT2D eigenvalue weighted by Gasteiger charge is -2.13. The number of nitrogens with one attached hydrogen (secondary N) is 1. The predicted molar refractivity (Wildman–Crippen MR) is 96.1 cm³/mol. The number of benzene rings is 1. The van der Waals surface area contributed by atoms with Crippen LogP contribution in [-0.2, 0) is 19.6 Å². The Hall–Kier alpha value is -1.66. The summed E-state index contributed by atoms with van der Waals surface area (Å²) in [6, 6.07) is 11.2. The molecule has 1 aromatic carbocycles. The van der Waals surface area contributed by atoms with E-state index >= 15 is 0 Å². The van der Waals surface area contributed by atoms with Crippen molar-refractivity contribution >= 4 is 43.3 Å². The third-order valence-electron chi connectivity index (χ3n) is 2.91. The van der Waals surface area contributed by atoms with Crippen LogP contribution < -0.4 is 4.72 Å². The van der Waals surface area contributed by atoms with Gasteiger partial charge in [0, 0.05) is 12.0 Å². The van der Waals surface area contributed by atoms with Gasteiger partial charge in [-0.3, -0.25) is 4.79 Å². The van der Waals surface area contributed by atoms with E-state index in [9.17, 15) is 13.2 Å². The zero-order valence-electron chi connectivity index (χ0n) is 12.7. The number of sulfonamides is 1. The minimum absolute atomic E-state index is 0.00728. The van der Waals surface area contributed by atoms with Crippen LogP contribution in [0.4, 0.5) is 0 Å². The lowest BCUT2D eigenvalue weighted by Crippen LogP contribution is -2.40. The van der Waals surface area contributed by atoms with Crippen molar-refractivity contribution in [2.24, 2.45) is 0 Å². The largest absolute Gasteiger partial charge is 0.468 e. The van der Waals surface area contributed by atoms with E-state index in [1.54, 1.807) is 6.07 Å². The van der Waals surface area contributed by atoms with Crippen LogP contribution in [-0.4, -0.2) is 27.5 Å². The molecule has 0 saturated carbocycles. The van der Waals surface area contributed by atoms with Gasteiger partial charge in [-0.1, -0.05) is 30.0 Å². The molecule has 0 aliphatic heterocycles. The van der Waals surface area contributed by atoms with Crippen molar-refractivity contribution in [2.45, 2.75) is 16.7 Å². The summed E-state index contributed by atoms with van der Waals surface area (Å²) in [5.74, 6) is 5.02. The van der Waals surface area contributed by atoms with Crippen molar-refractivity contribution in [3.05, 3.63) is 51.8 Å². The lowest BCUT2D eigenvalue weighted by molar-refractivity contribution is -0.142. The van der Waals surface area contributed by atoms with Gasteiger partial charge in [0.2, 0.25) is 0 Å². The highest BCUT2D eigenvalue weighted by atomic mass is 79.9. The first-order chi connectivity index (χ1) is 11.4. The normalized spacial score (nSPS) is 12.1. The lowest BCUT2D eigenvalue weighted by atomic mass is 10.2. The quantitative estimate of drug-likeness (QED) is 0.587. The van der Waals surface area contributed by atoms with Gasteiger partial charge in [0.05, 0.1) is 10.9 Å². The smallest absolute Gasteiger partial charge is 0.324 e. The molecule has 1 aromatic heterocycles. The summed E-state index contributed by atoms with van der Waals surface area (Å²) in [4.78, 5) is 11.8.